The van der Waals surface area contributed by atoms with E-state index < -0.39 is 6.04 Å². The van der Waals surface area contributed by atoms with Crippen molar-refractivity contribution in [2.45, 2.75) is 13.0 Å². The van der Waals surface area contributed by atoms with Crippen LogP contribution in [0.25, 0.3) is 11.4 Å². The van der Waals surface area contributed by atoms with Crippen LogP contribution in [-0.4, -0.2) is 34.9 Å². The molecule has 3 heterocycles. The fourth-order valence-electron chi connectivity index (χ4n) is 3.97. The van der Waals surface area contributed by atoms with Gasteiger partial charge >= 0.3 is 0 Å². The molecule has 1 unspecified atom stereocenters. The number of methoxy groups -OCH3 is 2. The van der Waals surface area contributed by atoms with Crippen LogP contribution in [-0.2, 0) is 4.79 Å². The highest BCUT2D eigenvalue weighted by atomic mass is 32.1. The van der Waals surface area contributed by atoms with Gasteiger partial charge in [0.25, 0.3) is 5.91 Å². The van der Waals surface area contributed by atoms with Gasteiger partial charge in [-0.1, -0.05) is 24.3 Å². The van der Waals surface area contributed by atoms with Crippen molar-refractivity contribution in [1.82, 2.24) is 14.8 Å². The fourth-order valence-corrected chi connectivity index (χ4v) is 4.79. The minimum Gasteiger partial charge on any atom is -0.493 e. The van der Waals surface area contributed by atoms with Gasteiger partial charge in [-0.3, -0.25) is 4.79 Å². The lowest BCUT2D eigenvalue weighted by molar-refractivity contribution is -0.113. The van der Waals surface area contributed by atoms with Gasteiger partial charge in [-0.25, -0.2) is 4.68 Å². The van der Waals surface area contributed by atoms with Crippen LogP contribution in [0.4, 0.5) is 11.6 Å². The Morgan fingerprint density at radius 2 is 1.85 bits per heavy atom. The Morgan fingerprint density at radius 1 is 1.06 bits per heavy atom. The molecule has 2 N–H and O–H groups in total. The van der Waals surface area contributed by atoms with Crippen LogP contribution in [0.15, 0.2) is 77.3 Å². The molecule has 2 aromatic heterocycles. The summed E-state index contributed by atoms with van der Waals surface area (Å²) in [6.07, 6.45) is 0. The standard InChI is InChI=1S/C25H23N5O3S/c1-15-21(24(31)27-17-8-5-4-6-9-17)22(20-10-7-13-34-20)30-25(26-15)28-23(29-30)16-11-12-18(32-2)19(14-16)33-3/h4-14,22H,1-3H3,(H,27,31)(H,26,28,29). The maximum Gasteiger partial charge on any atom is 0.255 e. The van der Waals surface area contributed by atoms with E-state index in [0.717, 1.165) is 21.8 Å². The van der Waals surface area contributed by atoms with E-state index in [4.69, 9.17) is 19.6 Å². The molecule has 1 aliphatic rings. The number of fused-ring (bicyclic) bond motifs is 1. The van der Waals surface area contributed by atoms with Gasteiger partial charge in [0.1, 0.15) is 6.04 Å². The molecule has 4 aromatic rings. The average Bonchev–Trinajstić information content (AvgIpc) is 3.53. The minimum atomic E-state index is -0.415. The lowest BCUT2D eigenvalue weighted by Crippen LogP contribution is -2.31. The van der Waals surface area contributed by atoms with Crippen LogP contribution >= 0.6 is 11.3 Å². The summed E-state index contributed by atoms with van der Waals surface area (Å²) in [4.78, 5) is 19.1. The Balaban J connectivity index is 1.56. The molecule has 0 aliphatic carbocycles. The van der Waals surface area contributed by atoms with Crippen molar-refractivity contribution in [3.63, 3.8) is 0 Å². The van der Waals surface area contributed by atoms with Crippen molar-refractivity contribution in [3.8, 4) is 22.9 Å². The van der Waals surface area contributed by atoms with E-state index in [1.165, 1.54) is 0 Å². The van der Waals surface area contributed by atoms with E-state index in [9.17, 15) is 4.79 Å². The van der Waals surface area contributed by atoms with Crippen LogP contribution in [0.5, 0.6) is 11.5 Å². The molecule has 1 aliphatic heterocycles. The number of nitrogens with one attached hydrogen (secondary N) is 2. The molecule has 0 saturated carbocycles. The molecule has 0 spiro atoms. The van der Waals surface area contributed by atoms with Crippen molar-refractivity contribution in [2.75, 3.05) is 24.9 Å². The monoisotopic (exact) mass is 473 g/mol. The van der Waals surface area contributed by atoms with Crippen LogP contribution in [0.2, 0.25) is 0 Å². The van der Waals surface area contributed by atoms with Gasteiger partial charge in [0, 0.05) is 21.8 Å². The van der Waals surface area contributed by atoms with Crippen molar-refractivity contribution in [2.24, 2.45) is 0 Å². The van der Waals surface area contributed by atoms with Crippen molar-refractivity contribution in [1.29, 1.82) is 0 Å². The summed E-state index contributed by atoms with van der Waals surface area (Å²) in [7, 11) is 3.18. The molecular weight excluding hydrogens is 450 g/mol. The quantitative estimate of drug-likeness (QED) is 0.412. The first-order valence-electron chi connectivity index (χ1n) is 10.7. The van der Waals surface area contributed by atoms with E-state index in [0.29, 0.717) is 28.8 Å². The van der Waals surface area contributed by atoms with E-state index in [2.05, 4.69) is 10.6 Å². The number of nitrogens with zero attached hydrogens (tertiary/aromatic N) is 3. The molecule has 34 heavy (non-hydrogen) atoms. The highest BCUT2D eigenvalue weighted by Gasteiger charge is 2.35. The smallest absolute Gasteiger partial charge is 0.255 e. The molecule has 0 bridgehead atoms. The largest absolute Gasteiger partial charge is 0.493 e. The number of amides is 1. The molecule has 1 atom stereocenters. The fraction of sp³-hybridized carbons (Fsp3) is 0.160. The van der Waals surface area contributed by atoms with Crippen molar-refractivity contribution in [3.05, 3.63) is 82.2 Å². The molecule has 5 rings (SSSR count). The second-order valence-corrected chi connectivity index (χ2v) is 8.65. The zero-order chi connectivity index (χ0) is 23.7. The first kappa shape index (κ1) is 21.7. The molecule has 9 heteroatoms. The lowest BCUT2D eigenvalue weighted by Gasteiger charge is -2.27. The topological polar surface area (TPSA) is 90.3 Å². The number of carbonyl (C=O) groups is 1. The van der Waals surface area contributed by atoms with Crippen LogP contribution < -0.4 is 20.1 Å². The maximum atomic E-state index is 13.4. The van der Waals surface area contributed by atoms with Crippen LogP contribution in [0.1, 0.15) is 17.8 Å². The van der Waals surface area contributed by atoms with Gasteiger partial charge in [0.05, 0.1) is 19.8 Å². The number of benzene rings is 2. The van der Waals surface area contributed by atoms with Crippen LogP contribution in [0, 0.1) is 0 Å². The highest BCUT2D eigenvalue weighted by molar-refractivity contribution is 7.10. The molecule has 8 nitrogen and oxygen atoms in total. The summed E-state index contributed by atoms with van der Waals surface area (Å²) in [6.45, 7) is 1.88. The van der Waals surface area contributed by atoms with Gasteiger partial charge in [-0.05, 0) is 48.7 Å². The Morgan fingerprint density at radius 3 is 2.56 bits per heavy atom. The molecular formula is C25H23N5O3S. The Bertz CT molecular complexity index is 1360. The number of carbonyl (C=O) groups excluding carboxylic acids is 1. The third-order valence-electron chi connectivity index (χ3n) is 5.58. The van der Waals surface area contributed by atoms with Gasteiger partial charge < -0.3 is 20.1 Å². The van der Waals surface area contributed by atoms with E-state index >= 15 is 0 Å². The second kappa shape index (κ2) is 9.03. The Labute approximate surface area is 200 Å². The molecule has 0 fully saturated rings. The van der Waals surface area contributed by atoms with E-state index in [1.807, 2.05) is 73.0 Å². The zero-order valence-electron chi connectivity index (χ0n) is 18.9. The molecule has 0 radical (unpaired) electrons. The third-order valence-corrected chi connectivity index (χ3v) is 6.51. The van der Waals surface area contributed by atoms with E-state index in [-0.39, 0.29) is 5.91 Å². The van der Waals surface area contributed by atoms with Crippen molar-refractivity contribution < 1.29 is 14.3 Å². The Kier molecular flexibility index (Phi) is 5.77. The summed E-state index contributed by atoms with van der Waals surface area (Å²) in [6, 6.07) is 18.5. The van der Waals surface area contributed by atoms with Gasteiger partial charge in [0.2, 0.25) is 5.95 Å². The predicted octanol–water partition coefficient (Wildman–Crippen LogP) is 4.95. The summed E-state index contributed by atoms with van der Waals surface area (Å²) < 4.78 is 12.6. The Hall–Kier alpha value is -4.11. The minimum absolute atomic E-state index is 0.191. The number of anilines is 2. The predicted molar refractivity (Wildman–Crippen MR) is 132 cm³/mol. The first-order chi connectivity index (χ1) is 16.6. The summed E-state index contributed by atoms with van der Waals surface area (Å²) in [5, 5.41) is 13.1. The number of ether oxygens (including phenoxy) is 2. The first-order valence-corrected chi connectivity index (χ1v) is 11.5. The van der Waals surface area contributed by atoms with Crippen LogP contribution in [0.3, 0.4) is 0 Å². The number of allylic oxidation sites excluding steroid dienone is 1. The number of rotatable bonds is 6. The molecule has 172 valence electrons. The number of para-hydroxylation sites is 1. The van der Waals surface area contributed by atoms with Gasteiger partial charge in [-0.2, -0.15) is 4.98 Å². The van der Waals surface area contributed by atoms with Gasteiger partial charge in [0.15, 0.2) is 17.3 Å². The summed E-state index contributed by atoms with van der Waals surface area (Å²) >= 11 is 1.57. The van der Waals surface area contributed by atoms with Gasteiger partial charge in [-0.15, -0.1) is 16.4 Å². The molecule has 2 aromatic carbocycles. The number of hydrogen-bond donors (Lipinski definition) is 2. The molecule has 0 saturated heterocycles. The lowest BCUT2D eigenvalue weighted by atomic mass is 10.0. The number of aromatic nitrogens is 3. The summed E-state index contributed by atoms with van der Waals surface area (Å²) in [5.74, 6) is 2.11. The maximum absolute atomic E-state index is 13.4. The second-order valence-electron chi connectivity index (χ2n) is 7.68. The third kappa shape index (κ3) is 3.90. The summed E-state index contributed by atoms with van der Waals surface area (Å²) in [5.41, 5.74) is 2.82. The highest BCUT2D eigenvalue weighted by Crippen LogP contribution is 2.39. The van der Waals surface area contributed by atoms with Crippen molar-refractivity contribution >= 4 is 28.9 Å². The zero-order valence-corrected chi connectivity index (χ0v) is 19.7. The number of thiophene rings is 1. The normalized spacial score (nSPS) is 14.9. The van der Waals surface area contributed by atoms with E-state index in [1.54, 1.807) is 30.2 Å². The number of hydrogen-bond acceptors (Lipinski definition) is 7. The molecule has 1 amide bonds. The average molecular weight is 474 g/mol. The SMILES string of the molecule is COc1ccc(-c2nc3n(n2)C(c2cccs2)C(C(=O)Nc2ccccc2)=C(C)N3)cc1OC.